The van der Waals surface area contributed by atoms with Crippen LogP contribution in [0.5, 0.6) is 0 Å². The molecule has 172 valence electrons. The van der Waals surface area contributed by atoms with Crippen molar-refractivity contribution < 1.29 is 21.6 Å². The van der Waals surface area contributed by atoms with Gasteiger partial charge in [0.05, 0.1) is 11.9 Å². The van der Waals surface area contributed by atoms with E-state index in [0.717, 1.165) is 19.1 Å². The molecule has 1 aromatic carbocycles. The van der Waals surface area contributed by atoms with Crippen LogP contribution in [-0.4, -0.2) is 39.6 Å². The van der Waals surface area contributed by atoms with Crippen LogP contribution in [0.15, 0.2) is 29.2 Å². The van der Waals surface area contributed by atoms with Gasteiger partial charge in [-0.1, -0.05) is 13.0 Å². The monoisotopic (exact) mass is 470 g/mol. The summed E-state index contributed by atoms with van der Waals surface area (Å²) in [6, 6.07) is 2.86. The Kier molecular flexibility index (Phi) is 6.13. The number of sulfonamides is 1. The Morgan fingerprint density at radius 3 is 2.53 bits per heavy atom. The average molecular weight is 470 g/mol. The Bertz CT molecular complexity index is 1340. The maximum atomic E-state index is 14.6. The SMILES string of the molecule is CCC(F)(F)CS(=O)(=O)Nc1ccc(-c2nc3cnc(N)nc3n(C(C)C)c2=O)cc1F. The summed E-state index contributed by atoms with van der Waals surface area (Å²) in [5, 5.41) is 0. The fraction of sp³-hybridized carbons (Fsp3) is 0.368. The summed E-state index contributed by atoms with van der Waals surface area (Å²) in [7, 11) is -4.51. The third-order valence-electron chi connectivity index (χ3n) is 4.59. The van der Waals surface area contributed by atoms with E-state index in [1.807, 2.05) is 4.72 Å². The summed E-state index contributed by atoms with van der Waals surface area (Å²) in [6.45, 7) is 4.63. The lowest BCUT2D eigenvalue weighted by Crippen LogP contribution is -2.31. The van der Waals surface area contributed by atoms with Crippen molar-refractivity contribution in [3.8, 4) is 11.3 Å². The lowest BCUT2D eigenvalue weighted by Gasteiger charge is -2.16. The number of halogens is 3. The van der Waals surface area contributed by atoms with Gasteiger partial charge in [0.15, 0.2) is 5.65 Å². The van der Waals surface area contributed by atoms with Gasteiger partial charge in [-0.25, -0.2) is 31.6 Å². The number of anilines is 2. The zero-order chi connectivity index (χ0) is 23.8. The number of hydrogen-bond acceptors (Lipinski definition) is 7. The van der Waals surface area contributed by atoms with E-state index in [1.165, 1.54) is 16.8 Å². The molecular weight excluding hydrogens is 449 g/mol. The summed E-state index contributed by atoms with van der Waals surface area (Å²) in [6.07, 6.45) is 0.646. The van der Waals surface area contributed by atoms with E-state index in [9.17, 15) is 26.4 Å². The summed E-state index contributed by atoms with van der Waals surface area (Å²) >= 11 is 0. The molecule has 0 spiro atoms. The highest BCUT2D eigenvalue weighted by Gasteiger charge is 2.34. The van der Waals surface area contributed by atoms with Gasteiger partial charge in [-0.15, -0.1) is 0 Å². The van der Waals surface area contributed by atoms with Crippen molar-refractivity contribution in [2.24, 2.45) is 0 Å². The molecule has 0 amide bonds. The standard InChI is InChI=1S/C19H21F3N6O3S/c1-4-19(21,22)9-32(30,31)27-13-6-5-11(7-12(13)20)15-17(29)28(10(2)3)16-14(25-15)8-24-18(23)26-16/h5-8,10,27H,4,9H2,1-3H3,(H2,23,24,26). The van der Waals surface area contributed by atoms with Crippen molar-refractivity contribution in [1.82, 2.24) is 19.5 Å². The highest BCUT2D eigenvalue weighted by Crippen LogP contribution is 2.26. The molecular formula is C19H21F3N6O3S. The van der Waals surface area contributed by atoms with Gasteiger partial charge in [0, 0.05) is 18.0 Å². The van der Waals surface area contributed by atoms with Crippen molar-refractivity contribution in [3.05, 3.63) is 40.6 Å². The second-order valence-electron chi connectivity index (χ2n) is 7.43. The normalized spacial score (nSPS) is 12.5. The van der Waals surface area contributed by atoms with Crippen LogP contribution in [0.25, 0.3) is 22.4 Å². The van der Waals surface area contributed by atoms with Gasteiger partial charge >= 0.3 is 0 Å². The van der Waals surface area contributed by atoms with Gasteiger partial charge in [-0.3, -0.25) is 14.1 Å². The number of nitrogens with two attached hydrogens (primary N) is 1. The van der Waals surface area contributed by atoms with Crippen LogP contribution in [0.2, 0.25) is 0 Å². The Balaban J connectivity index is 2.05. The van der Waals surface area contributed by atoms with Gasteiger partial charge in [-0.2, -0.15) is 4.98 Å². The lowest BCUT2D eigenvalue weighted by molar-refractivity contribution is 0.0219. The molecule has 0 fully saturated rings. The summed E-state index contributed by atoms with van der Waals surface area (Å²) < 4.78 is 68.7. The molecule has 3 rings (SSSR count). The van der Waals surface area contributed by atoms with Crippen LogP contribution in [0.3, 0.4) is 0 Å². The maximum absolute atomic E-state index is 14.6. The van der Waals surface area contributed by atoms with Crippen LogP contribution in [0.4, 0.5) is 24.8 Å². The summed E-state index contributed by atoms with van der Waals surface area (Å²) in [5.74, 6) is -6.04. The van der Waals surface area contributed by atoms with E-state index in [4.69, 9.17) is 5.73 Å². The number of nitrogens with zero attached hydrogens (tertiary/aromatic N) is 4. The predicted molar refractivity (Wildman–Crippen MR) is 114 cm³/mol. The zero-order valence-electron chi connectivity index (χ0n) is 17.4. The van der Waals surface area contributed by atoms with Crippen LogP contribution >= 0.6 is 0 Å². The van der Waals surface area contributed by atoms with Gasteiger partial charge in [0.2, 0.25) is 16.0 Å². The minimum atomic E-state index is -4.51. The van der Waals surface area contributed by atoms with E-state index < -0.39 is 45.2 Å². The van der Waals surface area contributed by atoms with E-state index in [2.05, 4.69) is 15.0 Å². The topological polar surface area (TPSA) is 133 Å². The fourth-order valence-electron chi connectivity index (χ4n) is 3.01. The van der Waals surface area contributed by atoms with E-state index in [-0.39, 0.29) is 34.4 Å². The maximum Gasteiger partial charge on any atom is 0.278 e. The smallest absolute Gasteiger partial charge is 0.278 e. The molecule has 0 atom stereocenters. The van der Waals surface area contributed by atoms with Crippen LogP contribution < -0.4 is 16.0 Å². The molecule has 0 saturated carbocycles. The largest absolute Gasteiger partial charge is 0.368 e. The molecule has 0 bridgehead atoms. The Morgan fingerprint density at radius 2 is 1.94 bits per heavy atom. The predicted octanol–water partition coefficient (Wildman–Crippen LogP) is 2.94. The third kappa shape index (κ3) is 4.82. The molecule has 0 aliphatic carbocycles. The molecule has 0 aliphatic rings. The molecule has 2 heterocycles. The van der Waals surface area contributed by atoms with Gasteiger partial charge < -0.3 is 5.73 Å². The van der Waals surface area contributed by atoms with E-state index in [1.54, 1.807) is 13.8 Å². The number of hydrogen-bond donors (Lipinski definition) is 2. The lowest BCUT2D eigenvalue weighted by atomic mass is 10.1. The Hall–Kier alpha value is -3.22. The van der Waals surface area contributed by atoms with Crippen molar-refractivity contribution >= 4 is 32.8 Å². The number of rotatable bonds is 7. The molecule has 2 aromatic heterocycles. The molecule has 9 nitrogen and oxygen atoms in total. The second-order valence-corrected chi connectivity index (χ2v) is 9.15. The average Bonchev–Trinajstić information content (AvgIpc) is 2.68. The Labute approximate surface area is 181 Å². The van der Waals surface area contributed by atoms with E-state index >= 15 is 0 Å². The summed E-state index contributed by atoms with van der Waals surface area (Å²) in [5.41, 5.74) is 4.91. The van der Waals surface area contributed by atoms with Crippen LogP contribution in [-0.2, 0) is 10.0 Å². The number of nitrogens with one attached hydrogen (secondary N) is 1. The van der Waals surface area contributed by atoms with Gasteiger partial charge in [-0.05, 0) is 26.0 Å². The molecule has 0 radical (unpaired) electrons. The highest BCUT2D eigenvalue weighted by molar-refractivity contribution is 7.92. The molecule has 3 aromatic rings. The van der Waals surface area contributed by atoms with E-state index in [0.29, 0.717) is 0 Å². The summed E-state index contributed by atoms with van der Waals surface area (Å²) in [4.78, 5) is 25.2. The highest BCUT2D eigenvalue weighted by atomic mass is 32.2. The molecule has 0 saturated heterocycles. The third-order valence-corrected chi connectivity index (χ3v) is 5.93. The number of benzene rings is 1. The first kappa shape index (κ1) is 23.4. The van der Waals surface area contributed by atoms with Gasteiger partial charge in [0.25, 0.3) is 11.5 Å². The molecule has 13 heteroatoms. The van der Waals surface area contributed by atoms with Crippen LogP contribution in [0, 0.1) is 5.82 Å². The molecule has 0 aliphatic heterocycles. The molecule has 32 heavy (non-hydrogen) atoms. The second kappa shape index (κ2) is 8.37. The number of nitrogen functional groups attached to an aromatic ring is 1. The molecule has 3 N–H and O–H groups in total. The minimum absolute atomic E-state index is 0.0443. The first-order chi connectivity index (χ1) is 14.8. The number of fused-ring (bicyclic) bond motifs is 1. The first-order valence-electron chi connectivity index (χ1n) is 9.56. The van der Waals surface area contributed by atoms with Crippen LogP contribution in [0.1, 0.15) is 33.2 Å². The van der Waals surface area contributed by atoms with Crippen molar-refractivity contribution in [1.29, 1.82) is 0 Å². The first-order valence-corrected chi connectivity index (χ1v) is 11.2. The minimum Gasteiger partial charge on any atom is -0.368 e. The van der Waals surface area contributed by atoms with Crippen molar-refractivity contribution in [2.45, 2.75) is 39.2 Å². The van der Waals surface area contributed by atoms with Gasteiger partial charge in [0.1, 0.15) is 22.8 Å². The Morgan fingerprint density at radius 1 is 1.25 bits per heavy atom. The molecule has 0 unspecified atom stereocenters. The zero-order valence-corrected chi connectivity index (χ0v) is 18.3. The van der Waals surface area contributed by atoms with Crippen molar-refractivity contribution in [2.75, 3.05) is 16.2 Å². The van der Waals surface area contributed by atoms with Crippen molar-refractivity contribution in [3.63, 3.8) is 0 Å². The number of alkyl halides is 2. The fourth-order valence-corrected chi connectivity index (χ4v) is 4.34. The number of aromatic nitrogens is 4. The quantitative estimate of drug-likeness (QED) is 0.542.